The number of carboxylic acid groups (broad SMARTS) is 1. The number of carbonyl (C=O) groups is 2. The van der Waals surface area contributed by atoms with E-state index in [9.17, 15) is 9.59 Å². The van der Waals surface area contributed by atoms with Crippen LogP contribution in [0.5, 0.6) is 0 Å². The van der Waals surface area contributed by atoms with Gasteiger partial charge in [0.2, 0.25) is 0 Å². The van der Waals surface area contributed by atoms with Gasteiger partial charge in [-0.2, -0.15) is 0 Å². The van der Waals surface area contributed by atoms with Crippen molar-refractivity contribution in [2.24, 2.45) is 0 Å². The van der Waals surface area contributed by atoms with Gasteiger partial charge in [-0.1, -0.05) is 17.8 Å². The fourth-order valence-corrected chi connectivity index (χ4v) is 2.97. The highest BCUT2D eigenvalue weighted by molar-refractivity contribution is 8.04. The Kier molecular flexibility index (Phi) is 1.92. The zero-order chi connectivity index (χ0) is 10.5. The molecule has 0 aromatic heterocycles. The molecule has 0 saturated carbocycles. The van der Waals surface area contributed by atoms with E-state index in [2.05, 4.69) is 0 Å². The fraction of sp³-hybridized carbons (Fsp3) is 0.333. The molecule has 2 aliphatic rings. The van der Waals surface area contributed by atoms with Gasteiger partial charge in [-0.15, -0.1) is 0 Å². The molecule has 0 aromatic rings. The average Bonchev–Trinajstić information content (AvgIpc) is 2.40. The first kappa shape index (κ1) is 9.33. The molecule has 2 aliphatic heterocycles. The average molecular weight is 211 g/mol. The van der Waals surface area contributed by atoms with Gasteiger partial charge >= 0.3 is 5.97 Å². The second-order valence-electron chi connectivity index (χ2n) is 3.10. The molecule has 0 aliphatic carbocycles. The third-order valence-corrected chi connectivity index (χ3v) is 3.58. The number of fused-ring (bicyclic) bond motifs is 1. The Bertz CT molecular complexity index is 397. The summed E-state index contributed by atoms with van der Waals surface area (Å²) >= 11 is 1.42. The van der Waals surface area contributed by atoms with E-state index >= 15 is 0 Å². The van der Waals surface area contributed by atoms with E-state index in [1.54, 1.807) is 19.9 Å². The number of hydrogen-bond donors (Lipinski definition) is 1. The first-order valence-electron chi connectivity index (χ1n) is 4.18. The Hall–Kier alpha value is -1.23. The summed E-state index contributed by atoms with van der Waals surface area (Å²) in [6.45, 7) is 3.52. The summed E-state index contributed by atoms with van der Waals surface area (Å²) < 4.78 is 0. The number of carbonyl (C=O) groups excluding carboxylic acids is 1. The molecule has 0 radical (unpaired) electrons. The van der Waals surface area contributed by atoms with E-state index in [4.69, 9.17) is 5.11 Å². The standard InChI is InChI=1S/C9H9NO3S/c1-3-5-7(11)10-6(9(12)13)4(2)14-8(5)10/h3,8H,1-2H3,(H,12,13)/b5-3+. The zero-order valence-electron chi connectivity index (χ0n) is 7.77. The monoisotopic (exact) mass is 211 g/mol. The number of rotatable bonds is 1. The summed E-state index contributed by atoms with van der Waals surface area (Å²) in [7, 11) is 0. The van der Waals surface area contributed by atoms with Crippen LogP contribution in [-0.4, -0.2) is 27.3 Å². The van der Waals surface area contributed by atoms with Gasteiger partial charge in [0.1, 0.15) is 11.1 Å². The largest absolute Gasteiger partial charge is 0.477 e. The predicted molar refractivity (Wildman–Crippen MR) is 52.3 cm³/mol. The maximum Gasteiger partial charge on any atom is 0.353 e. The van der Waals surface area contributed by atoms with E-state index in [1.807, 2.05) is 0 Å². The van der Waals surface area contributed by atoms with Crippen LogP contribution >= 0.6 is 11.8 Å². The van der Waals surface area contributed by atoms with Crippen LogP contribution in [0, 0.1) is 0 Å². The maximum absolute atomic E-state index is 11.5. The van der Waals surface area contributed by atoms with E-state index in [0.29, 0.717) is 10.5 Å². The number of aliphatic carboxylic acids is 1. The van der Waals surface area contributed by atoms with Gasteiger partial charge in [0.05, 0.1) is 0 Å². The molecular formula is C9H9NO3S. The fourth-order valence-electron chi connectivity index (χ4n) is 1.67. The highest BCUT2D eigenvalue weighted by atomic mass is 32.2. The molecule has 2 heterocycles. The molecule has 1 unspecified atom stereocenters. The lowest BCUT2D eigenvalue weighted by Gasteiger charge is -2.36. The number of carboxylic acids is 1. The van der Waals surface area contributed by atoms with Crippen LogP contribution in [-0.2, 0) is 9.59 Å². The normalized spacial score (nSPS) is 28.1. The Labute approximate surface area is 85.3 Å². The Morgan fingerprint density at radius 1 is 1.64 bits per heavy atom. The summed E-state index contributed by atoms with van der Waals surface area (Å²) in [4.78, 5) is 24.4. The molecule has 0 spiro atoms. The number of hydrogen-bond acceptors (Lipinski definition) is 3. The Morgan fingerprint density at radius 3 is 2.79 bits per heavy atom. The van der Waals surface area contributed by atoms with Crippen molar-refractivity contribution in [3.63, 3.8) is 0 Å². The van der Waals surface area contributed by atoms with Gasteiger partial charge in [0.15, 0.2) is 0 Å². The van der Waals surface area contributed by atoms with E-state index in [1.165, 1.54) is 16.7 Å². The lowest BCUT2D eigenvalue weighted by atomic mass is 10.1. The van der Waals surface area contributed by atoms with Crippen molar-refractivity contribution in [1.82, 2.24) is 4.90 Å². The SMILES string of the molecule is C/C=C1\C(=O)N2C(C(=O)O)=C(C)SC12. The topological polar surface area (TPSA) is 57.6 Å². The quantitative estimate of drug-likeness (QED) is 0.522. The van der Waals surface area contributed by atoms with Crippen LogP contribution in [0.2, 0.25) is 0 Å². The number of allylic oxidation sites excluding steroid dienone is 2. The van der Waals surface area contributed by atoms with Crippen molar-refractivity contribution in [2.75, 3.05) is 0 Å². The molecular weight excluding hydrogens is 202 g/mol. The second kappa shape index (κ2) is 2.88. The summed E-state index contributed by atoms with van der Waals surface area (Å²) in [5.41, 5.74) is 0.834. The number of amides is 1. The minimum absolute atomic E-state index is 0.0985. The van der Waals surface area contributed by atoms with Crippen molar-refractivity contribution in [2.45, 2.75) is 19.2 Å². The lowest BCUT2D eigenvalue weighted by molar-refractivity contribution is -0.141. The van der Waals surface area contributed by atoms with Gasteiger partial charge in [-0.3, -0.25) is 9.69 Å². The second-order valence-corrected chi connectivity index (χ2v) is 4.39. The van der Waals surface area contributed by atoms with Crippen LogP contribution in [0.1, 0.15) is 13.8 Å². The van der Waals surface area contributed by atoms with Crippen LogP contribution in [0.25, 0.3) is 0 Å². The Morgan fingerprint density at radius 2 is 2.29 bits per heavy atom. The highest BCUT2D eigenvalue weighted by Crippen LogP contribution is 2.48. The molecule has 1 amide bonds. The highest BCUT2D eigenvalue weighted by Gasteiger charge is 2.50. The molecule has 1 fully saturated rings. The maximum atomic E-state index is 11.5. The summed E-state index contributed by atoms with van der Waals surface area (Å²) in [6.07, 6.45) is 1.74. The molecule has 1 N–H and O–H groups in total. The molecule has 1 atom stereocenters. The Balaban J connectivity index is 2.37. The summed E-state index contributed by atoms with van der Waals surface area (Å²) in [5.74, 6) is -1.21. The van der Waals surface area contributed by atoms with E-state index < -0.39 is 5.97 Å². The summed E-state index contributed by atoms with van der Waals surface area (Å²) in [6, 6.07) is 0. The molecule has 74 valence electrons. The predicted octanol–water partition coefficient (Wildman–Crippen LogP) is 1.16. The molecule has 5 heteroatoms. The minimum Gasteiger partial charge on any atom is -0.477 e. The smallest absolute Gasteiger partial charge is 0.353 e. The van der Waals surface area contributed by atoms with Crippen molar-refractivity contribution in [1.29, 1.82) is 0 Å². The molecule has 0 bridgehead atoms. The third-order valence-electron chi connectivity index (χ3n) is 2.34. The van der Waals surface area contributed by atoms with Crippen LogP contribution in [0.4, 0.5) is 0 Å². The van der Waals surface area contributed by atoms with Crippen molar-refractivity contribution < 1.29 is 14.7 Å². The van der Waals surface area contributed by atoms with Crippen LogP contribution < -0.4 is 0 Å². The zero-order valence-corrected chi connectivity index (χ0v) is 8.59. The van der Waals surface area contributed by atoms with Gasteiger partial charge < -0.3 is 5.11 Å². The number of nitrogens with zero attached hydrogens (tertiary/aromatic N) is 1. The molecule has 1 saturated heterocycles. The molecule has 0 aromatic carbocycles. The molecule has 4 nitrogen and oxygen atoms in total. The first-order chi connectivity index (χ1) is 6.57. The van der Waals surface area contributed by atoms with E-state index in [-0.39, 0.29) is 17.0 Å². The van der Waals surface area contributed by atoms with Gasteiger partial charge in [-0.25, -0.2) is 4.79 Å². The molecule has 2 rings (SSSR count). The summed E-state index contributed by atoms with van der Waals surface area (Å²) in [5, 5.41) is 8.80. The van der Waals surface area contributed by atoms with Crippen LogP contribution in [0.15, 0.2) is 22.3 Å². The number of thioether (sulfide) groups is 1. The van der Waals surface area contributed by atoms with E-state index in [0.717, 1.165) is 0 Å². The number of β-lactam (4-membered cyclic amide) rings is 1. The minimum atomic E-state index is -1.03. The third kappa shape index (κ3) is 0.957. The molecule has 14 heavy (non-hydrogen) atoms. The van der Waals surface area contributed by atoms with Gasteiger partial charge in [0, 0.05) is 10.5 Å². The van der Waals surface area contributed by atoms with Crippen molar-refractivity contribution in [3.05, 3.63) is 22.3 Å². The van der Waals surface area contributed by atoms with Gasteiger partial charge in [-0.05, 0) is 13.8 Å². The van der Waals surface area contributed by atoms with Crippen LogP contribution in [0.3, 0.4) is 0 Å². The lowest BCUT2D eigenvalue weighted by Crippen LogP contribution is -2.51. The first-order valence-corrected chi connectivity index (χ1v) is 5.06. The van der Waals surface area contributed by atoms with Crippen molar-refractivity contribution >= 4 is 23.6 Å². The van der Waals surface area contributed by atoms with Gasteiger partial charge in [0.25, 0.3) is 5.91 Å². The van der Waals surface area contributed by atoms with Crippen molar-refractivity contribution in [3.8, 4) is 0 Å².